The largest absolute Gasteiger partial charge is 0.451 e. The number of hydrogen-bond donors (Lipinski definition) is 0. The topological polar surface area (TPSA) is 79.8 Å². The Kier molecular flexibility index (Phi) is 5.26. The smallest absolute Gasteiger partial charge is 0.289 e. The van der Waals surface area contributed by atoms with Gasteiger partial charge in [0.05, 0.1) is 4.92 Å². The molecule has 2 atom stereocenters. The van der Waals surface area contributed by atoms with Gasteiger partial charge in [-0.3, -0.25) is 19.8 Å². The summed E-state index contributed by atoms with van der Waals surface area (Å²) in [6, 6.07) is 12.4. The van der Waals surface area contributed by atoms with E-state index in [0.717, 1.165) is 5.56 Å². The lowest BCUT2D eigenvalue weighted by Gasteiger charge is -2.43. The van der Waals surface area contributed by atoms with Crippen LogP contribution in [0.4, 0.5) is 10.1 Å². The predicted octanol–water partition coefficient (Wildman–Crippen LogP) is 4.22. The number of hydrogen-bond acceptors (Lipinski definition) is 5. The first kappa shape index (κ1) is 20.0. The number of nitro groups is 1. The summed E-state index contributed by atoms with van der Waals surface area (Å²) < 4.78 is 18.8. The number of non-ortho nitro benzene ring substituents is 1. The summed E-state index contributed by atoms with van der Waals surface area (Å²) in [6.07, 6.45) is 0. The summed E-state index contributed by atoms with van der Waals surface area (Å²) in [7, 11) is 0. The van der Waals surface area contributed by atoms with E-state index in [1.165, 1.54) is 30.3 Å². The number of halogens is 1. The van der Waals surface area contributed by atoms with Gasteiger partial charge in [0.1, 0.15) is 11.4 Å². The number of furan rings is 1. The summed E-state index contributed by atoms with van der Waals surface area (Å²) in [5.41, 5.74) is 1.42. The Labute approximate surface area is 172 Å². The lowest BCUT2D eigenvalue weighted by atomic mass is 10.1. The maximum Gasteiger partial charge on any atom is 0.289 e. The molecule has 2 aromatic carbocycles. The van der Waals surface area contributed by atoms with Crippen LogP contribution >= 0.6 is 0 Å². The van der Waals surface area contributed by atoms with Crippen molar-refractivity contribution in [3.05, 3.63) is 75.8 Å². The van der Waals surface area contributed by atoms with Crippen LogP contribution < -0.4 is 0 Å². The van der Waals surface area contributed by atoms with Crippen molar-refractivity contribution in [3.63, 3.8) is 0 Å². The molecule has 30 heavy (non-hydrogen) atoms. The van der Waals surface area contributed by atoms with Crippen molar-refractivity contribution in [3.8, 4) is 0 Å². The molecule has 0 spiro atoms. The maximum atomic E-state index is 13.1. The van der Waals surface area contributed by atoms with Crippen LogP contribution in [0, 0.1) is 15.9 Å². The van der Waals surface area contributed by atoms with Crippen molar-refractivity contribution >= 4 is 22.6 Å². The third-order valence-corrected chi connectivity index (χ3v) is 5.60. The van der Waals surface area contributed by atoms with Gasteiger partial charge in [-0.05, 0) is 43.7 Å². The van der Waals surface area contributed by atoms with Gasteiger partial charge < -0.3 is 9.32 Å². The Balaban J connectivity index is 1.49. The highest BCUT2D eigenvalue weighted by molar-refractivity contribution is 5.96. The molecule has 0 radical (unpaired) electrons. The van der Waals surface area contributed by atoms with E-state index in [9.17, 15) is 19.3 Å². The van der Waals surface area contributed by atoms with Crippen LogP contribution in [-0.4, -0.2) is 45.8 Å². The minimum atomic E-state index is -0.474. The number of nitro benzene ring substituents is 1. The van der Waals surface area contributed by atoms with Gasteiger partial charge in [0.15, 0.2) is 5.76 Å². The number of fused-ring (bicyclic) bond motifs is 1. The summed E-state index contributed by atoms with van der Waals surface area (Å²) in [5.74, 6) is -0.307. The molecule has 0 aliphatic carbocycles. The Morgan fingerprint density at radius 3 is 2.57 bits per heavy atom. The van der Waals surface area contributed by atoms with E-state index < -0.39 is 4.92 Å². The van der Waals surface area contributed by atoms with E-state index in [2.05, 4.69) is 11.8 Å². The zero-order chi connectivity index (χ0) is 21.4. The highest BCUT2D eigenvalue weighted by Crippen LogP contribution is 2.27. The van der Waals surface area contributed by atoms with Crippen molar-refractivity contribution in [2.75, 3.05) is 13.1 Å². The lowest BCUT2D eigenvalue weighted by molar-refractivity contribution is -0.384. The number of nitrogens with zero attached hydrogens (tertiary/aromatic N) is 3. The molecule has 1 aliphatic heterocycles. The minimum absolute atomic E-state index is 0.0429. The highest BCUT2D eigenvalue weighted by atomic mass is 19.1. The van der Waals surface area contributed by atoms with Gasteiger partial charge in [0, 0.05) is 49.2 Å². The molecule has 3 aromatic rings. The third-order valence-electron chi connectivity index (χ3n) is 5.60. The van der Waals surface area contributed by atoms with E-state index in [4.69, 9.17) is 4.42 Å². The molecule has 1 amide bonds. The van der Waals surface area contributed by atoms with Crippen molar-refractivity contribution in [1.29, 1.82) is 0 Å². The van der Waals surface area contributed by atoms with Crippen molar-refractivity contribution in [2.45, 2.75) is 32.5 Å². The first-order valence-electron chi connectivity index (χ1n) is 9.79. The Bertz CT molecular complexity index is 1100. The summed E-state index contributed by atoms with van der Waals surface area (Å²) in [5, 5.41) is 11.5. The van der Waals surface area contributed by atoms with Gasteiger partial charge in [-0.15, -0.1) is 0 Å². The van der Waals surface area contributed by atoms with E-state index in [-0.39, 0.29) is 35.3 Å². The lowest BCUT2D eigenvalue weighted by Crippen LogP contribution is -2.57. The second-order valence-corrected chi connectivity index (χ2v) is 7.80. The standard InChI is InChI=1S/C22H22FN3O4/c1-14-12-25(15(2)11-24(14)13-16-3-5-18(23)6-4-16)22(27)21-10-17-9-19(26(28)29)7-8-20(17)30-21/h3-10,14-15H,11-13H2,1-2H3/t14-,15+/m0/s1. The molecule has 4 rings (SSSR count). The van der Waals surface area contributed by atoms with E-state index in [0.29, 0.717) is 30.6 Å². The predicted molar refractivity (Wildman–Crippen MR) is 110 cm³/mol. The second kappa shape index (κ2) is 7.87. The molecule has 1 aliphatic rings. The minimum Gasteiger partial charge on any atom is -0.451 e. The van der Waals surface area contributed by atoms with Gasteiger partial charge in [-0.2, -0.15) is 0 Å². The van der Waals surface area contributed by atoms with E-state index in [1.54, 1.807) is 23.1 Å². The fraction of sp³-hybridized carbons (Fsp3) is 0.318. The fourth-order valence-electron chi connectivity index (χ4n) is 3.92. The first-order valence-corrected chi connectivity index (χ1v) is 9.79. The Hall–Kier alpha value is -3.26. The molecule has 0 bridgehead atoms. The van der Waals surface area contributed by atoms with Gasteiger partial charge in [0.2, 0.25) is 0 Å². The number of amides is 1. The van der Waals surface area contributed by atoms with E-state index >= 15 is 0 Å². The molecule has 0 N–H and O–H groups in total. The molecule has 1 aromatic heterocycles. The molecule has 0 saturated carbocycles. The number of rotatable bonds is 4. The van der Waals surface area contributed by atoms with Crippen molar-refractivity contribution < 1.29 is 18.5 Å². The molecule has 2 heterocycles. The van der Waals surface area contributed by atoms with Crippen LogP contribution in [0.3, 0.4) is 0 Å². The number of benzene rings is 2. The summed E-state index contributed by atoms with van der Waals surface area (Å²) >= 11 is 0. The molecular formula is C22H22FN3O4. The molecule has 1 saturated heterocycles. The maximum absolute atomic E-state index is 13.1. The summed E-state index contributed by atoms with van der Waals surface area (Å²) in [4.78, 5) is 27.6. The van der Waals surface area contributed by atoms with Crippen LogP contribution in [0.15, 0.2) is 52.9 Å². The average molecular weight is 411 g/mol. The van der Waals surface area contributed by atoms with Gasteiger partial charge in [0.25, 0.3) is 11.6 Å². The van der Waals surface area contributed by atoms with Crippen LogP contribution in [-0.2, 0) is 6.54 Å². The van der Waals surface area contributed by atoms with Crippen molar-refractivity contribution in [2.24, 2.45) is 0 Å². The number of piperazine rings is 1. The SMILES string of the molecule is C[C@@H]1CN(Cc2ccc(F)cc2)[C@@H](C)CN1C(=O)c1cc2cc([N+](=O)[O-])ccc2o1. The molecule has 0 unspecified atom stereocenters. The first-order chi connectivity index (χ1) is 14.3. The zero-order valence-corrected chi connectivity index (χ0v) is 16.7. The third kappa shape index (κ3) is 3.91. The molecule has 8 heteroatoms. The molecular weight excluding hydrogens is 389 g/mol. The Morgan fingerprint density at radius 1 is 1.13 bits per heavy atom. The Morgan fingerprint density at radius 2 is 1.87 bits per heavy atom. The number of carbonyl (C=O) groups is 1. The van der Waals surface area contributed by atoms with Gasteiger partial charge >= 0.3 is 0 Å². The highest BCUT2D eigenvalue weighted by Gasteiger charge is 2.33. The van der Waals surface area contributed by atoms with Crippen LogP contribution in [0.2, 0.25) is 0 Å². The quantitative estimate of drug-likeness (QED) is 0.474. The monoisotopic (exact) mass is 411 g/mol. The van der Waals surface area contributed by atoms with Crippen LogP contribution in [0.5, 0.6) is 0 Å². The van der Waals surface area contributed by atoms with Crippen LogP contribution in [0.1, 0.15) is 30.0 Å². The normalized spacial score (nSPS) is 19.9. The molecule has 1 fully saturated rings. The summed E-state index contributed by atoms with van der Waals surface area (Å²) in [6.45, 7) is 5.92. The molecule has 156 valence electrons. The number of carbonyl (C=O) groups excluding carboxylic acids is 1. The van der Waals surface area contributed by atoms with Gasteiger partial charge in [-0.25, -0.2) is 4.39 Å². The second-order valence-electron chi connectivity index (χ2n) is 7.80. The van der Waals surface area contributed by atoms with Crippen LogP contribution in [0.25, 0.3) is 11.0 Å². The van der Waals surface area contributed by atoms with Crippen molar-refractivity contribution in [1.82, 2.24) is 9.80 Å². The average Bonchev–Trinajstić information content (AvgIpc) is 3.15. The zero-order valence-electron chi connectivity index (χ0n) is 16.7. The molecule has 7 nitrogen and oxygen atoms in total. The fourth-order valence-corrected chi connectivity index (χ4v) is 3.92. The van der Waals surface area contributed by atoms with E-state index in [1.807, 2.05) is 6.92 Å². The van der Waals surface area contributed by atoms with Gasteiger partial charge in [-0.1, -0.05) is 12.1 Å².